The molecule has 2 aliphatic carbocycles. The molecule has 0 unspecified atom stereocenters. The first-order valence-electron chi connectivity index (χ1n) is 9.86. The van der Waals surface area contributed by atoms with Crippen molar-refractivity contribution in [2.45, 2.75) is 44.3 Å². The van der Waals surface area contributed by atoms with Crippen LogP contribution in [0.5, 0.6) is 0 Å². The molecule has 148 valence electrons. The van der Waals surface area contributed by atoms with Gasteiger partial charge in [-0.05, 0) is 54.8 Å². The fourth-order valence-corrected chi connectivity index (χ4v) is 4.75. The van der Waals surface area contributed by atoms with E-state index in [4.69, 9.17) is 0 Å². The lowest BCUT2D eigenvalue weighted by atomic mass is 10.1. The predicted octanol–water partition coefficient (Wildman–Crippen LogP) is 4.57. The number of hydrogen-bond donors (Lipinski definition) is 1. The molecular weight excluding hydrogens is 402 g/mol. The molecular formula is C22H21N3O2S2. The molecule has 29 heavy (non-hydrogen) atoms. The number of nitrogens with one attached hydrogen (secondary N) is 1. The molecule has 7 heteroatoms. The number of hydrogen-bond acceptors (Lipinski definition) is 5. The number of rotatable bonds is 7. The third kappa shape index (κ3) is 4.26. The highest BCUT2D eigenvalue weighted by Gasteiger charge is 2.34. The van der Waals surface area contributed by atoms with Crippen LogP contribution in [0.1, 0.15) is 52.1 Å². The van der Waals surface area contributed by atoms with E-state index >= 15 is 0 Å². The maximum Gasteiger partial charge on any atom is 0.273 e. The fraction of sp³-hybridized carbons (Fsp3) is 0.318. The van der Waals surface area contributed by atoms with Gasteiger partial charge in [-0.25, -0.2) is 4.98 Å². The molecule has 1 aromatic carbocycles. The molecule has 5 nitrogen and oxygen atoms in total. The summed E-state index contributed by atoms with van der Waals surface area (Å²) in [5.74, 6) is -0.0293. The van der Waals surface area contributed by atoms with E-state index in [1.807, 2.05) is 51.4 Å². The average Bonchev–Trinajstić information content (AvgIpc) is 3.63. The molecule has 0 bridgehead atoms. The van der Waals surface area contributed by atoms with Crippen LogP contribution in [0, 0.1) is 0 Å². The molecule has 0 aliphatic heterocycles. The van der Waals surface area contributed by atoms with E-state index in [2.05, 4.69) is 10.3 Å². The molecule has 0 atom stereocenters. The highest BCUT2D eigenvalue weighted by molar-refractivity contribution is 7.14. The molecule has 3 aromatic rings. The number of nitrogens with zero attached hydrogens (tertiary/aromatic N) is 2. The second-order valence-corrected chi connectivity index (χ2v) is 9.30. The van der Waals surface area contributed by atoms with Gasteiger partial charge in [0.1, 0.15) is 10.7 Å². The van der Waals surface area contributed by atoms with Crippen molar-refractivity contribution in [3.63, 3.8) is 0 Å². The number of thiophene rings is 1. The zero-order valence-corrected chi connectivity index (χ0v) is 17.5. The summed E-state index contributed by atoms with van der Waals surface area (Å²) in [5, 5.41) is 9.81. The Bertz CT molecular complexity index is 1020. The number of benzene rings is 1. The van der Waals surface area contributed by atoms with Crippen molar-refractivity contribution in [1.82, 2.24) is 15.2 Å². The van der Waals surface area contributed by atoms with Gasteiger partial charge in [-0.15, -0.1) is 11.3 Å². The van der Waals surface area contributed by atoms with Crippen molar-refractivity contribution in [2.24, 2.45) is 0 Å². The van der Waals surface area contributed by atoms with Gasteiger partial charge in [-0.2, -0.15) is 11.3 Å². The van der Waals surface area contributed by atoms with Gasteiger partial charge in [0.25, 0.3) is 11.8 Å². The van der Waals surface area contributed by atoms with Crippen molar-refractivity contribution in [3.8, 4) is 10.6 Å². The third-order valence-corrected chi connectivity index (χ3v) is 6.80. The lowest BCUT2D eigenvalue weighted by molar-refractivity contribution is 0.0724. The van der Waals surface area contributed by atoms with Gasteiger partial charge in [0.2, 0.25) is 0 Å². The van der Waals surface area contributed by atoms with Crippen molar-refractivity contribution >= 4 is 34.5 Å². The lowest BCUT2D eigenvalue weighted by Gasteiger charge is -2.21. The van der Waals surface area contributed by atoms with Crippen molar-refractivity contribution < 1.29 is 9.59 Å². The lowest BCUT2D eigenvalue weighted by Crippen LogP contribution is -2.32. The van der Waals surface area contributed by atoms with Crippen LogP contribution in [-0.2, 0) is 6.54 Å². The van der Waals surface area contributed by atoms with Crippen LogP contribution in [0.25, 0.3) is 10.6 Å². The highest BCUT2D eigenvalue weighted by atomic mass is 32.1. The molecule has 2 fully saturated rings. The fourth-order valence-electron chi connectivity index (χ4n) is 3.25. The van der Waals surface area contributed by atoms with Gasteiger partial charge < -0.3 is 10.2 Å². The molecule has 0 saturated heterocycles. The Morgan fingerprint density at radius 2 is 1.86 bits per heavy atom. The minimum Gasteiger partial charge on any atom is -0.349 e. The van der Waals surface area contributed by atoms with Gasteiger partial charge in [-0.1, -0.05) is 12.1 Å². The van der Waals surface area contributed by atoms with Crippen LogP contribution >= 0.6 is 22.7 Å². The number of carbonyl (C=O) groups excluding carboxylic acids is 2. The summed E-state index contributed by atoms with van der Waals surface area (Å²) in [6.45, 7) is 0.541. The highest BCUT2D eigenvalue weighted by Crippen LogP contribution is 2.32. The molecule has 0 spiro atoms. The van der Waals surface area contributed by atoms with E-state index in [1.54, 1.807) is 11.3 Å². The zero-order chi connectivity index (χ0) is 19.8. The Labute approximate surface area is 177 Å². The first-order valence-corrected chi connectivity index (χ1v) is 11.7. The summed E-state index contributed by atoms with van der Waals surface area (Å²) < 4.78 is 0. The Hall–Kier alpha value is -2.51. The molecule has 2 amide bonds. The standard InChI is InChI=1S/C22H21N3O2S2/c26-20(23-17-5-6-17)15-3-1-14(2-4-15)11-25(18-7-8-18)22(27)19-13-29-21(24-19)16-9-10-28-12-16/h1-4,9-10,12-13,17-18H,5-8,11H2,(H,23,26). The minimum atomic E-state index is -0.0161. The normalized spacial score (nSPS) is 15.9. The summed E-state index contributed by atoms with van der Waals surface area (Å²) in [4.78, 5) is 31.8. The maximum absolute atomic E-state index is 13.1. The Morgan fingerprint density at radius 3 is 2.52 bits per heavy atom. The van der Waals surface area contributed by atoms with Crippen LogP contribution in [0.4, 0.5) is 0 Å². The number of amides is 2. The molecule has 2 aliphatic rings. The Morgan fingerprint density at radius 1 is 1.07 bits per heavy atom. The van der Waals surface area contributed by atoms with Crippen molar-refractivity contribution in [3.05, 3.63) is 63.3 Å². The third-order valence-electron chi connectivity index (χ3n) is 5.22. The van der Waals surface area contributed by atoms with Crippen LogP contribution in [0.3, 0.4) is 0 Å². The summed E-state index contributed by atoms with van der Waals surface area (Å²) in [7, 11) is 0. The number of carbonyl (C=O) groups is 2. The minimum absolute atomic E-state index is 0.0132. The van der Waals surface area contributed by atoms with E-state index in [9.17, 15) is 9.59 Å². The van der Waals surface area contributed by atoms with E-state index in [1.165, 1.54) is 11.3 Å². The monoisotopic (exact) mass is 423 g/mol. The molecule has 2 saturated carbocycles. The van der Waals surface area contributed by atoms with E-state index < -0.39 is 0 Å². The summed E-state index contributed by atoms with van der Waals surface area (Å²) in [5.41, 5.74) is 3.28. The van der Waals surface area contributed by atoms with E-state index in [-0.39, 0.29) is 17.9 Å². The van der Waals surface area contributed by atoms with Gasteiger partial charge in [-0.3, -0.25) is 9.59 Å². The number of thiazole rings is 1. The summed E-state index contributed by atoms with van der Waals surface area (Å²) in [6.07, 6.45) is 4.23. The molecule has 2 heterocycles. The van der Waals surface area contributed by atoms with Gasteiger partial charge >= 0.3 is 0 Å². The zero-order valence-electron chi connectivity index (χ0n) is 15.8. The molecule has 0 radical (unpaired) electrons. The van der Waals surface area contributed by atoms with Gasteiger partial charge in [0, 0.05) is 40.5 Å². The quantitative estimate of drug-likeness (QED) is 0.606. The average molecular weight is 424 g/mol. The first kappa shape index (κ1) is 18.5. The Balaban J connectivity index is 1.29. The molecule has 2 aromatic heterocycles. The predicted molar refractivity (Wildman–Crippen MR) is 115 cm³/mol. The second kappa shape index (κ2) is 7.72. The molecule has 5 rings (SSSR count). The van der Waals surface area contributed by atoms with Crippen LogP contribution in [-0.4, -0.2) is 33.8 Å². The van der Waals surface area contributed by atoms with Gasteiger partial charge in [0.15, 0.2) is 0 Å². The maximum atomic E-state index is 13.1. The van der Waals surface area contributed by atoms with Crippen molar-refractivity contribution in [1.29, 1.82) is 0 Å². The molecule has 1 N–H and O–H groups in total. The second-order valence-electron chi connectivity index (χ2n) is 7.66. The van der Waals surface area contributed by atoms with Crippen LogP contribution in [0.15, 0.2) is 46.5 Å². The van der Waals surface area contributed by atoms with Crippen molar-refractivity contribution in [2.75, 3.05) is 0 Å². The SMILES string of the molecule is O=C(NC1CC1)c1ccc(CN(C(=O)c2csc(-c3ccsc3)n2)C2CC2)cc1. The topological polar surface area (TPSA) is 62.3 Å². The first-order chi connectivity index (χ1) is 14.2. The van der Waals surface area contributed by atoms with Crippen LogP contribution in [0.2, 0.25) is 0 Å². The summed E-state index contributed by atoms with van der Waals surface area (Å²) >= 11 is 3.14. The smallest absolute Gasteiger partial charge is 0.273 e. The van der Waals surface area contributed by atoms with Crippen LogP contribution < -0.4 is 5.32 Å². The van der Waals surface area contributed by atoms with Gasteiger partial charge in [0.05, 0.1) is 0 Å². The summed E-state index contributed by atoms with van der Waals surface area (Å²) in [6, 6.07) is 10.2. The largest absolute Gasteiger partial charge is 0.349 e. The Kier molecular flexibility index (Phi) is 4.93. The number of aromatic nitrogens is 1. The van der Waals surface area contributed by atoms with E-state index in [0.29, 0.717) is 23.8 Å². The van der Waals surface area contributed by atoms with E-state index in [0.717, 1.165) is 41.8 Å².